The molecule has 3 N–H and O–H groups in total. The molecule has 2 aromatic rings. The maximum Gasteiger partial charge on any atom is 0.339 e. The van der Waals surface area contributed by atoms with Crippen LogP contribution in [0.3, 0.4) is 0 Å². The standard InChI is InChI=1S/C24H29BrFN3O4.C5H12.C3H8.2C2H6/c1-5-12-32-29-22(25)21(15-28-31)27-14-16-10-11-18(20(26)13-16)17-8-6-7-9-19(17)23(30)33-24(2,3)4;1-5(2,3)4;1-3-2;2*1-2/h6-11,13,15,27,29,31H,5,12,14H2,1-4H3;1-4H3;3H2,1-2H3;2*1-2H3/b22-21-,28-15-;;;;. The van der Waals surface area contributed by atoms with Crippen molar-refractivity contribution >= 4 is 28.1 Å². The van der Waals surface area contributed by atoms with E-state index in [0.717, 1.165) is 6.42 Å². The summed E-state index contributed by atoms with van der Waals surface area (Å²) in [5, 5.41) is 15.0. The lowest BCUT2D eigenvalue weighted by molar-refractivity contribution is 0.00704. The van der Waals surface area contributed by atoms with E-state index < -0.39 is 17.4 Å². The lowest BCUT2D eigenvalue weighted by Crippen LogP contribution is -2.24. The number of rotatable bonds is 10. The van der Waals surface area contributed by atoms with Crippen molar-refractivity contribution in [2.24, 2.45) is 10.6 Å². The number of nitrogens with one attached hydrogen (secondary N) is 2. The molecule has 0 unspecified atom stereocenters. The van der Waals surface area contributed by atoms with Crippen molar-refractivity contribution in [3.63, 3.8) is 0 Å². The van der Waals surface area contributed by atoms with E-state index in [0.29, 0.717) is 44.6 Å². The Hall–Kier alpha value is -2.91. The van der Waals surface area contributed by atoms with Crippen molar-refractivity contribution in [3.8, 4) is 11.1 Å². The molecule has 0 spiro atoms. The molecular weight excluding hydrogens is 637 g/mol. The first-order valence-corrected chi connectivity index (χ1v) is 16.7. The first-order valence-electron chi connectivity index (χ1n) is 15.9. The number of hydroxylamine groups is 1. The Morgan fingerprint density at radius 3 is 1.96 bits per heavy atom. The normalized spacial score (nSPS) is 11.1. The highest BCUT2D eigenvalue weighted by Gasteiger charge is 2.21. The molecule has 0 aliphatic rings. The highest BCUT2D eigenvalue weighted by molar-refractivity contribution is 9.11. The average Bonchev–Trinajstić information content (AvgIpc) is 2.96. The summed E-state index contributed by atoms with van der Waals surface area (Å²) in [5.41, 5.74) is 4.63. The molecule has 258 valence electrons. The van der Waals surface area contributed by atoms with E-state index in [1.54, 1.807) is 57.2 Å². The van der Waals surface area contributed by atoms with E-state index in [9.17, 15) is 4.79 Å². The summed E-state index contributed by atoms with van der Waals surface area (Å²) in [4.78, 5) is 17.8. The summed E-state index contributed by atoms with van der Waals surface area (Å²) in [5.74, 6) is -0.987. The van der Waals surface area contributed by atoms with Gasteiger partial charge in [-0.3, -0.25) is 10.3 Å². The van der Waals surface area contributed by atoms with E-state index in [-0.39, 0.29) is 6.54 Å². The Morgan fingerprint density at radius 1 is 0.956 bits per heavy atom. The van der Waals surface area contributed by atoms with Gasteiger partial charge in [0.1, 0.15) is 16.0 Å². The number of nitrogens with zero attached hydrogens (tertiary/aromatic N) is 1. The molecule has 7 nitrogen and oxygen atoms in total. The minimum atomic E-state index is -0.661. The molecule has 2 aromatic carbocycles. The van der Waals surface area contributed by atoms with Crippen LogP contribution in [0.15, 0.2) is 57.9 Å². The van der Waals surface area contributed by atoms with Gasteiger partial charge in [-0.25, -0.2) is 9.18 Å². The van der Waals surface area contributed by atoms with Crippen molar-refractivity contribution in [3.05, 3.63) is 69.7 Å². The molecule has 0 fully saturated rings. The van der Waals surface area contributed by atoms with Gasteiger partial charge in [-0.15, -0.1) is 0 Å². The maximum atomic E-state index is 15.1. The van der Waals surface area contributed by atoms with E-state index in [4.69, 9.17) is 14.8 Å². The summed E-state index contributed by atoms with van der Waals surface area (Å²) in [7, 11) is 0. The number of hydrogen-bond acceptors (Lipinski definition) is 7. The molecule has 2 rings (SSSR count). The lowest BCUT2D eigenvalue weighted by atomic mass is 9.98. The Balaban J connectivity index is -0.00000127. The van der Waals surface area contributed by atoms with Crippen molar-refractivity contribution in [2.75, 3.05) is 6.61 Å². The van der Waals surface area contributed by atoms with Gasteiger partial charge in [-0.1, -0.05) is 118 Å². The molecule has 0 saturated heterocycles. The first-order chi connectivity index (χ1) is 21.1. The van der Waals surface area contributed by atoms with Gasteiger partial charge in [0.25, 0.3) is 0 Å². The number of carbonyl (C=O) groups is 1. The number of benzene rings is 2. The van der Waals surface area contributed by atoms with Crippen LogP contribution >= 0.6 is 15.9 Å². The number of allylic oxidation sites excluding steroid dienone is 1. The molecule has 0 radical (unpaired) electrons. The van der Waals surface area contributed by atoms with Crippen molar-refractivity contribution in [2.45, 2.75) is 122 Å². The molecule has 0 saturated carbocycles. The highest BCUT2D eigenvalue weighted by atomic mass is 79.9. The zero-order chi connectivity index (χ0) is 35.6. The molecule has 9 heteroatoms. The minimum absolute atomic E-state index is 0.247. The topological polar surface area (TPSA) is 92.2 Å². The van der Waals surface area contributed by atoms with Gasteiger partial charge in [-0.2, -0.15) is 0 Å². The second-order valence-corrected chi connectivity index (χ2v) is 12.6. The molecular formula is C36H61BrFN3O4. The molecule has 0 amide bonds. The highest BCUT2D eigenvalue weighted by Crippen LogP contribution is 2.28. The zero-order valence-corrected chi connectivity index (χ0v) is 31.9. The smallest absolute Gasteiger partial charge is 0.339 e. The summed E-state index contributed by atoms with van der Waals surface area (Å²) in [6, 6.07) is 11.5. The maximum absolute atomic E-state index is 15.1. The van der Waals surface area contributed by atoms with E-state index in [1.807, 2.05) is 34.6 Å². The SMILES string of the molecule is CC.CC.CC(C)(C)C.CCC.CCCON/C(Br)=C(/C=N\O)NCc1ccc(-c2ccccc2C(=O)OC(C)(C)C)c(F)c1. The van der Waals surface area contributed by atoms with Gasteiger partial charge in [0.2, 0.25) is 0 Å². The van der Waals surface area contributed by atoms with Crippen LogP contribution in [0.4, 0.5) is 4.39 Å². The van der Waals surface area contributed by atoms with E-state index >= 15 is 4.39 Å². The molecule has 0 aliphatic carbocycles. The first kappa shape index (κ1) is 46.5. The second kappa shape index (κ2) is 26.3. The fourth-order valence-electron chi connectivity index (χ4n) is 2.82. The van der Waals surface area contributed by atoms with Crippen LogP contribution in [0.2, 0.25) is 0 Å². The number of halogens is 2. The van der Waals surface area contributed by atoms with Gasteiger partial charge in [0.15, 0.2) is 0 Å². The molecule has 0 aliphatic heterocycles. The Bertz CT molecular complexity index is 1120. The van der Waals surface area contributed by atoms with Crippen LogP contribution in [-0.4, -0.2) is 29.6 Å². The Morgan fingerprint density at radius 2 is 1.49 bits per heavy atom. The number of ether oxygens (including phenoxy) is 1. The number of carbonyl (C=O) groups excluding carboxylic acids is 1. The van der Waals surface area contributed by atoms with Crippen LogP contribution in [0.5, 0.6) is 0 Å². The fraction of sp³-hybridized carbons (Fsp3) is 0.556. The number of hydrogen-bond donors (Lipinski definition) is 3. The van der Waals surface area contributed by atoms with Crippen LogP contribution in [0.25, 0.3) is 11.1 Å². The summed E-state index contributed by atoms with van der Waals surface area (Å²) in [6.07, 6.45) is 3.26. The fourth-order valence-corrected chi connectivity index (χ4v) is 3.18. The second-order valence-electron chi connectivity index (χ2n) is 11.8. The van der Waals surface area contributed by atoms with Gasteiger partial charge < -0.3 is 15.3 Å². The third kappa shape index (κ3) is 24.1. The Labute approximate surface area is 282 Å². The van der Waals surface area contributed by atoms with Crippen molar-refractivity contribution in [1.29, 1.82) is 0 Å². The summed E-state index contributed by atoms with van der Waals surface area (Å²) in [6.45, 7) is 29.1. The lowest BCUT2D eigenvalue weighted by Gasteiger charge is -2.20. The zero-order valence-electron chi connectivity index (χ0n) is 30.3. The monoisotopic (exact) mass is 697 g/mol. The van der Waals surface area contributed by atoms with Crippen molar-refractivity contribution in [1.82, 2.24) is 10.8 Å². The van der Waals surface area contributed by atoms with Gasteiger partial charge in [0, 0.05) is 12.1 Å². The van der Waals surface area contributed by atoms with Crippen LogP contribution < -0.4 is 10.8 Å². The molecule has 0 aromatic heterocycles. The average molecular weight is 699 g/mol. The third-order valence-electron chi connectivity index (χ3n) is 4.24. The molecule has 0 atom stereocenters. The summed E-state index contributed by atoms with van der Waals surface area (Å²) >= 11 is 3.31. The van der Waals surface area contributed by atoms with Crippen LogP contribution in [0.1, 0.15) is 126 Å². The van der Waals surface area contributed by atoms with E-state index in [2.05, 4.69) is 73.4 Å². The molecule has 0 heterocycles. The predicted octanol–water partition coefficient (Wildman–Crippen LogP) is 11.0. The van der Waals surface area contributed by atoms with Crippen LogP contribution in [-0.2, 0) is 16.1 Å². The number of esters is 1. The Kier molecular flexibility index (Phi) is 27.2. The minimum Gasteiger partial charge on any atom is -0.456 e. The third-order valence-corrected chi connectivity index (χ3v) is 4.83. The van der Waals surface area contributed by atoms with Gasteiger partial charge >= 0.3 is 5.97 Å². The molecule has 0 bridgehead atoms. The van der Waals surface area contributed by atoms with Crippen LogP contribution in [0, 0.1) is 11.2 Å². The van der Waals surface area contributed by atoms with Gasteiger partial charge in [-0.05, 0) is 71.8 Å². The van der Waals surface area contributed by atoms with Crippen molar-refractivity contribution < 1.29 is 24.0 Å². The molecule has 45 heavy (non-hydrogen) atoms. The quantitative estimate of drug-likeness (QED) is 0.0571. The van der Waals surface area contributed by atoms with E-state index in [1.165, 1.54) is 18.7 Å². The number of oxime groups is 1. The summed E-state index contributed by atoms with van der Waals surface area (Å²) < 4.78 is 20.9. The largest absolute Gasteiger partial charge is 0.456 e. The predicted molar refractivity (Wildman–Crippen MR) is 193 cm³/mol. The van der Waals surface area contributed by atoms with Gasteiger partial charge in [0.05, 0.1) is 24.1 Å².